The Labute approximate surface area is 145 Å². The maximum Gasteiger partial charge on any atom is 0.137 e. The lowest BCUT2D eigenvalue weighted by molar-refractivity contribution is 0.0304. The number of hydrogen-bond donors (Lipinski definition) is 1. The van der Waals surface area contributed by atoms with Crippen LogP contribution in [0, 0.1) is 11.8 Å². The molecule has 4 heterocycles. The van der Waals surface area contributed by atoms with E-state index in [0.29, 0.717) is 11.8 Å². The average molecular weight is 338 g/mol. The van der Waals surface area contributed by atoms with E-state index in [0.717, 1.165) is 43.8 Å². The topological polar surface area (TPSA) is 71.5 Å². The summed E-state index contributed by atoms with van der Waals surface area (Å²) in [5.74, 6) is 2.24. The molecule has 3 aromatic rings. The van der Waals surface area contributed by atoms with Crippen molar-refractivity contribution in [1.82, 2.24) is 29.0 Å². The molecule has 2 fully saturated rings. The Hall–Kier alpha value is -2.25. The van der Waals surface area contributed by atoms with E-state index in [4.69, 9.17) is 0 Å². The van der Waals surface area contributed by atoms with Gasteiger partial charge in [0.15, 0.2) is 0 Å². The molecule has 25 heavy (non-hydrogen) atoms. The Bertz CT molecular complexity index is 859. The van der Waals surface area contributed by atoms with Crippen LogP contribution in [0.15, 0.2) is 43.2 Å². The number of imidazole rings is 1. The summed E-state index contributed by atoms with van der Waals surface area (Å²) in [7, 11) is 0. The molecule has 7 heteroatoms. The summed E-state index contributed by atoms with van der Waals surface area (Å²) in [5.41, 5.74) is 1.13. The fourth-order valence-electron chi connectivity index (χ4n) is 4.62. The zero-order valence-corrected chi connectivity index (χ0v) is 14.0. The first kappa shape index (κ1) is 15.0. The van der Waals surface area contributed by atoms with Gasteiger partial charge in [-0.3, -0.25) is 4.90 Å². The van der Waals surface area contributed by atoms with Gasteiger partial charge in [-0.25, -0.2) is 14.6 Å². The van der Waals surface area contributed by atoms with Crippen molar-refractivity contribution < 1.29 is 5.11 Å². The highest BCUT2D eigenvalue weighted by atomic mass is 16.3. The van der Waals surface area contributed by atoms with Crippen LogP contribution in [-0.4, -0.2) is 53.3 Å². The lowest BCUT2D eigenvalue weighted by Crippen LogP contribution is -2.36. The Morgan fingerprint density at radius 2 is 2.04 bits per heavy atom. The normalized spacial score (nSPS) is 30.0. The van der Waals surface area contributed by atoms with Gasteiger partial charge in [-0.05, 0) is 36.8 Å². The lowest BCUT2D eigenvalue weighted by Gasteiger charge is -2.35. The van der Waals surface area contributed by atoms with Crippen molar-refractivity contribution in [3.8, 4) is 0 Å². The Kier molecular flexibility index (Phi) is 3.57. The number of hydrogen-bond acceptors (Lipinski definition) is 5. The van der Waals surface area contributed by atoms with E-state index in [1.54, 1.807) is 12.7 Å². The van der Waals surface area contributed by atoms with E-state index >= 15 is 0 Å². The summed E-state index contributed by atoms with van der Waals surface area (Å²) in [6.45, 7) is 2.95. The minimum atomic E-state index is -0.338. The van der Waals surface area contributed by atoms with Crippen molar-refractivity contribution >= 4 is 5.52 Å². The molecule has 4 atom stereocenters. The molecule has 1 aliphatic carbocycles. The zero-order chi connectivity index (χ0) is 16.8. The first-order valence-corrected chi connectivity index (χ1v) is 8.93. The van der Waals surface area contributed by atoms with Gasteiger partial charge >= 0.3 is 0 Å². The van der Waals surface area contributed by atoms with Crippen molar-refractivity contribution in [2.45, 2.75) is 31.5 Å². The van der Waals surface area contributed by atoms with Gasteiger partial charge in [0.2, 0.25) is 0 Å². The average Bonchev–Trinajstić information content (AvgIpc) is 3.34. The monoisotopic (exact) mass is 338 g/mol. The first-order chi connectivity index (χ1) is 12.3. The van der Waals surface area contributed by atoms with Gasteiger partial charge in [0.25, 0.3) is 0 Å². The summed E-state index contributed by atoms with van der Waals surface area (Å²) in [4.78, 5) is 11.1. The van der Waals surface area contributed by atoms with E-state index in [-0.39, 0.29) is 12.1 Å². The van der Waals surface area contributed by atoms with E-state index in [1.165, 1.54) is 0 Å². The van der Waals surface area contributed by atoms with Gasteiger partial charge in [0.05, 0.1) is 30.4 Å². The van der Waals surface area contributed by atoms with Crippen molar-refractivity contribution in [3.63, 3.8) is 0 Å². The maximum absolute atomic E-state index is 10.5. The van der Waals surface area contributed by atoms with Crippen LogP contribution in [-0.2, 0) is 6.54 Å². The van der Waals surface area contributed by atoms with Gasteiger partial charge in [-0.2, -0.15) is 5.10 Å². The van der Waals surface area contributed by atoms with Crippen molar-refractivity contribution in [3.05, 3.63) is 49.1 Å². The van der Waals surface area contributed by atoms with Crippen LogP contribution < -0.4 is 0 Å². The second-order valence-corrected chi connectivity index (χ2v) is 7.37. The number of fused-ring (bicyclic) bond motifs is 2. The number of likely N-dealkylation sites (tertiary alicyclic amines) is 1. The molecule has 0 spiro atoms. The first-order valence-electron chi connectivity index (χ1n) is 8.93. The molecule has 2 aliphatic rings. The van der Waals surface area contributed by atoms with E-state index < -0.39 is 0 Å². The quantitative estimate of drug-likeness (QED) is 0.781. The van der Waals surface area contributed by atoms with Crippen LogP contribution in [0.1, 0.15) is 24.7 Å². The Morgan fingerprint density at radius 1 is 1.16 bits per heavy atom. The van der Waals surface area contributed by atoms with Crippen LogP contribution in [0.25, 0.3) is 5.52 Å². The highest BCUT2D eigenvalue weighted by molar-refractivity contribution is 5.45. The molecular formula is C18H22N6O. The van der Waals surface area contributed by atoms with Crippen LogP contribution >= 0.6 is 0 Å². The molecule has 5 rings (SSSR count). The van der Waals surface area contributed by atoms with Crippen molar-refractivity contribution in [1.29, 1.82) is 0 Å². The summed E-state index contributed by atoms with van der Waals surface area (Å²) in [5, 5.41) is 14.8. The van der Waals surface area contributed by atoms with E-state index in [1.807, 2.05) is 23.0 Å². The maximum atomic E-state index is 10.5. The molecule has 1 N–H and O–H groups in total. The largest absolute Gasteiger partial charge is 0.391 e. The standard InChI is InChI=1S/C18H22N6O/c25-17-6-14-9-22(8-13(14)5-16(17)24-12-19-11-21-24)10-18-20-7-15-3-1-2-4-23(15)18/h1-4,7,11-14,16-17,25H,5-6,8-10H2/t13-,14+,16-,17-/m1/s1. The smallest absolute Gasteiger partial charge is 0.137 e. The molecule has 1 saturated heterocycles. The van der Waals surface area contributed by atoms with Crippen molar-refractivity contribution in [2.24, 2.45) is 11.8 Å². The van der Waals surface area contributed by atoms with Gasteiger partial charge in [-0.15, -0.1) is 0 Å². The molecule has 3 aromatic heterocycles. The molecule has 0 unspecified atom stereocenters. The second-order valence-electron chi connectivity index (χ2n) is 7.37. The fraction of sp³-hybridized carbons (Fsp3) is 0.500. The predicted molar refractivity (Wildman–Crippen MR) is 91.7 cm³/mol. The molecule has 7 nitrogen and oxygen atoms in total. The molecule has 130 valence electrons. The highest BCUT2D eigenvalue weighted by Crippen LogP contribution is 2.41. The van der Waals surface area contributed by atoms with E-state index in [9.17, 15) is 5.11 Å². The third-order valence-electron chi connectivity index (χ3n) is 5.84. The number of pyridine rings is 1. The van der Waals surface area contributed by atoms with Gasteiger partial charge in [0, 0.05) is 19.3 Å². The lowest BCUT2D eigenvalue weighted by atomic mass is 9.77. The Balaban J connectivity index is 1.31. The summed E-state index contributed by atoms with van der Waals surface area (Å²) in [6, 6.07) is 6.22. The van der Waals surface area contributed by atoms with Gasteiger partial charge in [0.1, 0.15) is 18.5 Å². The zero-order valence-electron chi connectivity index (χ0n) is 14.0. The third kappa shape index (κ3) is 2.63. The second kappa shape index (κ2) is 5.93. The number of aromatic nitrogens is 5. The SMILES string of the molecule is O[C@@H]1C[C@H]2CN(Cc3ncc4ccccn34)C[C@H]2C[C@H]1n1cncn1. The molecule has 0 aromatic carbocycles. The third-order valence-corrected chi connectivity index (χ3v) is 5.84. The minimum Gasteiger partial charge on any atom is -0.391 e. The van der Waals surface area contributed by atoms with Crippen LogP contribution in [0.3, 0.4) is 0 Å². The molecular weight excluding hydrogens is 316 g/mol. The Morgan fingerprint density at radius 3 is 2.88 bits per heavy atom. The van der Waals surface area contributed by atoms with Crippen LogP contribution in [0.4, 0.5) is 0 Å². The fourth-order valence-corrected chi connectivity index (χ4v) is 4.62. The van der Waals surface area contributed by atoms with Gasteiger partial charge in [-0.1, -0.05) is 6.07 Å². The molecule has 1 saturated carbocycles. The predicted octanol–water partition coefficient (Wildman–Crippen LogP) is 1.37. The summed E-state index contributed by atoms with van der Waals surface area (Å²) >= 11 is 0. The molecule has 0 bridgehead atoms. The molecule has 1 aliphatic heterocycles. The molecule has 0 amide bonds. The molecule has 0 radical (unpaired) electrons. The number of rotatable bonds is 3. The number of nitrogens with zero attached hydrogens (tertiary/aromatic N) is 6. The minimum absolute atomic E-state index is 0.0518. The van der Waals surface area contributed by atoms with E-state index in [2.05, 4.69) is 36.6 Å². The van der Waals surface area contributed by atoms with Crippen molar-refractivity contribution in [2.75, 3.05) is 13.1 Å². The number of aliphatic hydroxyl groups excluding tert-OH is 1. The number of aliphatic hydroxyl groups is 1. The summed E-state index contributed by atoms with van der Waals surface area (Å²) < 4.78 is 3.99. The van der Waals surface area contributed by atoms with Crippen LogP contribution in [0.5, 0.6) is 0 Å². The highest BCUT2D eigenvalue weighted by Gasteiger charge is 2.42. The summed E-state index contributed by atoms with van der Waals surface area (Å²) in [6.07, 6.45) is 8.74. The van der Waals surface area contributed by atoms with Gasteiger partial charge < -0.3 is 9.51 Å². The van der Waals surface area contributed by atoms with Crippen LogP contribution in [0.2, 0.25) is 0 Å².